The minimum atomic E-state index is -0.249. The van der Waals surface area contributed by atoms with Crippen molar-refractivity contribution in [2.24, 2.45) is 10.9 Å². The summed E-state index contributed by atoms with van der Waals surface area (Å²) in [7, 11) is 1.74. The number of carbonyl (C=O) groups excluding carboxylic acids is 1. The number of rotatable bonds is 4. The zero-order valence-electron chi connectivity index (χ0n) is 16.3. The molecular weight excluding hydrogens is 379 g/mol. The number of nitrogens with zero attached hydrogens (tertiary/aromatic N) is 2. The van der Waals surface area contributed by atoms with Crippen molar-refractivity contribution in [3.8, 4) is 0 Å². The molecule has 152 valence electrons. The van der Waals surface area contributed by atoms with Crippen LogP contribution >= 0.6 is 11.6 Å². The van der Waals surface area contributed by atoms with E-state index >= 15 is 0 Å². The lowest BCUT2D eigenvalue weighted by Crippen LogP contribution is -2.46. The molecule has 3 unspecified atom stereocenters. The number of aliphatic imine (C=N–C) groups is 1. The van der Waals surface area contributed by atoms with Gasteiger partial charge in [0.1, 0.15) is 5.82 Å². The Balaban J connectivity index is 1.29. The van der Waals surface area contributed by atoms with Crippen LogP contribution in [0.1, 0.15) is 50.0 Å². The Morgan fingerprint density at radius 1 is 1.25 bits per heavy atom. The average molecular weight is 407 g/mol. The molecule has 1 aromatic rings. The van der Waals surface area contributed by atoms with Gasteiger partial charge in [0.25, 0.3) is 0 Å². The second-order valence-corrected chi connectivity index (χ2v) is 8.60. The highest BCUT2D eigenvalue weighted by molar-refractivity contribution is 6.31. The fourth-order valence-corrected chi connectivity index (χ4v) is 4.89. The van der Waals surface area contributed by atoms with Crippen LogP contribution in [0.2, 0.25) is 5.02 Å². The van der Waals surface area contributed by atoms with E-state index in [1.807, 2.05) is 4.90 Å². The fraction of sp³-hybridized carbons (Fsp3) is 0.619. The largest absolute Gasteiger partial charge is 0.353 e. The van der Waals surface area contributed by atoms with Crippen LogP contribution in [0.5, 0.6) is 0 Å². The molecule has 2 N–H and O–H groups in total. The SMILES string of the molecule is CN=C(NC1CCN(C(=O)C2CCCC2)C1)NC1CC1c1c(F)cccc1Cl. The number of hydrogen-bond acceptors (Lipinski definition) is 2. The average Bonchev–Trinajstić information content (AvgIpc) is 3.08. The Hall–Kier alpha value is -1.82. The Kier molecular flexibility index (Phi) is 5.76. The monoisotopic (exact) mass is 406 g/mol. The van der Waals surface area contributed by atoms with E-state index in [9.17, 15) is 9.18 Å². The van der Waals surface area contributed by atoms with Gasteiger partial charge in [0, 0.05) is 54.6 Å². The van der Waals surface area contributed by atoms with Crippen LogP contribution < -0.4 is 10.6 Å². The number of guanidine groups is 1. The van der Waals surface area contributed by atoms with Crippen LogP contribution in [-0.4, -0.2) is 49.0 Å². The van der Waals surface area contributed by atoms with Crippen molar-refractivity contribution in [2.75, 3.05) is 20.1 Å². The van der Waals surface area contributed by atoms with Gasteiger partial charge in [-0.2, -0.15) is 0 Å². The van der Waals surface area contributed by atoms with Crippen molar-refractivity contribution >= 4 is 23.5 Å². The molecule has 3 fully saturated rings. The Morgan fingerprint density at radius 3 is 2.75 bits per heavy atom. The standard InChI is InChI=1S/C21H28ClFN4O/c1-24-21(26-18-11-15(18)19-16(22)7-4-8-17(19)23)25-14-9-10-27(12-14)20(28)13-5-2-3-6-13/h4,7-8,13-15,18H,2-3,5-6,9-12H2,1H3,(H2,24,25,26). The first-order valence-electron chi connectivity index (χ1n) is 10.3. The van der Waals surface area contributed by atoms with Crippen LogP contribution in [0.4, 0.5) is 4.39 Å². The number of amides is 1. The minimum absolute atomic E-state index is 0.0660. The van der Waals surface area contributed by atoms with Crippen molar-refractivity contribution in [3.05, 3.63) is 34.6 Å². The van der Waals surface area contributed by atoms with Crippen molar-refractivity contribution in [2.45, 2.75) is 56.5 Å². The highest BCUT2D eigenvalue weighted by Crippen LogP contribution is 2.44. The van der Waals surface area contributed by atoms with E-state index in [4.69, 9.17) is 11.6 Å². The fourth-order valence-electron chi connectivity index (χ4n) is 4.59. The summed E-state index contributed by atoms with van der Waals surface area (Å²) in [5.74, 6) is 1.08. The number of hydrogen-bond donors (Lipinski definition) is 2. The first-order valence-corrected chi connectivity index (χ1v) is 10.7. The quantitative estimate of drug-likeness (QED) is 0.596. The summed E-state index contributed by atoms with van der Waals surface area (Å²) in [4.78, 5) is 18.9. The first kappa shape index (κ1) is 19.5. The van der Waals surface area contributed by atoms with Crippen LogP contribution in [0.25, 0.3) is 0 Å². The molecule has 2 saturated carbocycles. The summed E-state index contributed by atoms with van der Waals surface area (Å²) in [6, 6.07) is 5.14. The predicted octanol–water partition coefficient (Wildman–Crippen LogP) is 3.29. The van der Waals surface area contributed by atoms with Gasteiger partial charge in [0.05, 0.1) is 0 Å². The van der Waals surface area contributed by atoms with Crippen molar-refractivity contribution in [1.29, 1.82) is 0 Å². The van der Waals surface area contributed by atoms with E-state index in [0.717, 1.165) is 38.8 Å². The van der Waals surface area contributed by atoms with E-state index in [-0.39, 0.29) is 29.7 Å². The molecule has 3 atom stereocenters. The Labute approximate surface area is 170 Å². The molecular formula is C21H28ClFN4O. The Bertz CT molecular complexity index is 745. The third kappa shape index (κ3) is 4.12. The lowest BCUT2D eigenvalue weighted by Gasteiger charge is -2.21. The summed E-state index contributed by atoms with van der Waals surface area (Å²) < 4.78 is 14.1. The maximum Gasteiger partial charge on any atom is 0.225 e. The topological polar surface area (TPSA) is 56.7 Å². The Morgan fingerprint density at radius 2 is 2.04 bits per heavy atom. The molecule has 5 nitrogen and oxygen atoms in total. The molecule has 0 aromatic heterocycles. The van der Waals surface area contributed by atoms with Gasteiger partial charge in [0.15, 0.2) is 5.96 Å². The summed E-state index contributed by atoms with van der Waals surface area (Å²) in [5.41, 5.74) is 0.589. The number of halogens is 2. The smallest absolute Gasteiger partial charge is 0.225 e. The van der Waals surface area contributed by atoms with E-state index in [0.29, 0.717) is 22.5 Å². The number of carbonyl (C=O) groups is 1. The van der Waals surface area contributed by atoms with Gasteiger partial charge in [-0.25, -0.2) is 4.39 Å². The summed E-state index contributed by atoms with van der Waals surface area (Å²) in [6.45, 7) is 1.53. The van der Waals surface area contributed by atoms with Crippen LogP contribution in [-0.2, 0) is 4.79 Å². The van der Waals surface area contributed by atoms with Crippen LogP contribution in [0.15, 0.2) is 23.2 Å². The molecule has 1 amide bonds. The molecule has 0 radical (unpaired) electrons. The zero-order chi connectivity index (χ0) is 19.7. The van der Waals surface area contributed by atoms with E-state index in [1.54, 1.807) is 19.2 Å². The summed E-state index contributed by atoms with van der Waals surface area (Å²) >= 11 is 6.19. The zero-order valence-corrected chi connectivity index (χ0v) is 17.0. The molecule has 2 aliphatic carbocycles. The van der Waals surface area contributed by atoms with Gasteiger partial charge in [0.2, 0.25) is 5.91 Å². The third-order valence-electron chi connectivity index (χ3n) is 6.25. The first-order chi connectivity index (χ1) is 13.6. The molecule has 1 saturated heterocycles. The van der Waals surface area contributed by atoms with Crippen molar-refractivity contribution < 1.29 is 9.18 Å². The summed E-state index contributed by atoms with van der Waals surface area (Å²) in [6.07, 6.45) is 6.19. The molecule has 0 bridgehead atoms. The second-order valence-electron chi connectivity index (χ2n) is 8.20. The summed E-state index contributed by atoms with van der Waals surface area (Å²) in [5, 5.41) is 7.29. The molecule has 7 heteroatoms. The van der Waals surface area contributed by atoms with E-state index in [2.05, 4.69) is 15.6 Å². The highest BCUT2D eigenvalue weighted by Gasteiger charge is 2.42. The maximum atomic E-state index is 14.1. The third-order valence-corrected chi connectivity index (χ3v) is 6.58. The molecule has 28 heavy (non-hydrogen) atoms. The number of nitrogens with one attached hydrogen (secondary N) is 2. The minimum Gasteiger partial charge on any atom is -0.353 e. The predicted molar refractivity (Wildman–Crippen MR) is 109 cm³/mol. The highest BCUT2D eigenvalue weighted by atomic mass is 35.5. The normalized spacial score (nSPS) is 27.9. The molecule has 3 aliphatic rings. The number of likely N-dealkylation sites (tertiary alicyclic amines) is 1. The molecule has 1 aromatic carbocycles. The molecule has 0 spiro atoms. The lowest BCUT2D eigenvalue weighted by atomic mass is 10.1. The second kappa shape index (κ2) is 8.27. The molecule has 4 rings (SSSR count). The van der Waals surface area contributed by atoms with Crippen LogP contribution in [0, 0.1) is 11.7 Å². The van der Waals surface area contributed by atoms with Crippen LogP contribution in [0.3, 0.4) is 0 Å². The van der Waals surface area contributed by atoms with Crippen molar-refractivity contribution in [1.82, 2.24) is 15.5 Å². The molecule has 1 aliphatic heterocycles. The van der Waals surface area contributed by atoms with Gasteiger partial charge in [-0.05, 0) is 37.8 Å². The van der Waals surface area contributed by atoms with Gasteiger partial charge < -0.3 is 15.5 Å². The van der Waals surface area contributed by atoms with Gasteiger partial charge in [-0.3, -0.25) is 9.79 Å². The lowest BCUT2D eigenvalue weighted by molar-refractivity contribution is -0.134. The van der Waals surface area contributed by atoms with Gasteiger partial charge in [-0.1, -0.05) is 30.5 Å². The van der Waals surface area contributed by atoms with Gasteiger partial charge in [-0.15, -0.1) is 0 Å². The van der Waals surface area contributed by atoms with E-state index in [1.165, 1.54) is 18.9 Å². The molecule has 1 heterocycles. The maximum absolute atomic E-state index is 14.1. The van der Waals surface area contributed by atoms with Gasteiger partial charge >= 0.3 is 0 Å². The van der Waals surface area contributed by atoms with Crippen molar-refractivity contribution in [3.63, 3.8) is 0 Å². The van der Waals surface area contributed by atoms with E-state index < -0.39 is 0 Å². The number of benzene rings is 1.